The van der Waals surface area contributed by atoms with Crippen molar-refractivity contribution in [3.63, 3.8) is 0 Å². The Labute approximate surface area is 223 Å². The summed E-state index contributed by atoms with van der Waals surface area (Å²) in [7, 11) is 1.61. The lowest BCUT2D eigenvalue weighted by molar-refractivity contribution is -0.129. The van der Waals surface area contributed by atoms with Crippen LogP contribution in [0.25, 0.3) is 0 Å². The van der Waals surface area contributed by atoms with Crippen LogP contribution >= 0.6 is 0 Å². The third-order valence-corrected chi connectivity index (χ3v) is 6.35. The summed E-state index contributed by atoms with van der Waals surface area (Å²) < 4.78 is 5.21. The number of nitrogens with one attached hydrogen (secondary N) is 2. The number of carbonyl (C=O) groups excluding carboxylic acids is 2. The molecule has 194 valence electrons. The molecule has 0 bridgehead atoms. The highest BCUT2D eigenvalue weighted by molar-refractivity contribution is 5.92. The molecule has 2 amide bonds. The zero-order valence-corrected chi connectivity index (χ0v) is 21.3. The van der Waals surface area contributed by atoms with Gasteiger partial charge in [-0.1, -0.05) is 72.8 Å². The van der Waals surface area contributed by atoms with Crippen molar-refractivity contribution in [1.82, 2.24) is 15.6 Å². The minimum atomic E-state index is -0.745. The molecule has 1 aromatic heterocycles. The van der Waals surface area contributed by atoms with Crippen molar-refractivity contribution in [3.05, 3.63) is 126 Å². The van der Waals surface area contributed by atoms with E-state index in [2.05, 4.69) is 15.6 Å². The fourth-order valence-electron chi connectivity index (χ4n) is 4.33. The summed E-state index contributed by atoms with van der Waals surface area (Å²) in [4.78, 5) is 31.1. The number of nitrogen functional groups attached to an aromatic ring is 1. The van der Waals surface area contributed by atoms with Gasteiger partial charge in [-0.2, -0.15) is 0 Å². The molecule has 1 unspecified atom stereocenters. The Bertz CT molecular complexity index is 1290. The Morgan fingerprint density at radius 1 is 0.842 bits per heavy atom. The van der Waals surface area contributed by atoms with Crippen molar-refractivity contribution in [3.8, 4) is 5.75 Å². The smallest absolute Gasteiger partial charge is 0.242 e. The molecule has 0 fully saturated rings. The van der Waals surface area contributed by atoms with E-state index in [4.69, 9.17) is 10.5 Å². The number of ether oxygens (including phenoxy) is 1. The quantitative estimate of drug-likeness (QED) is 0.281. The number of rotatable bonds is 11. The minimum absolute atomic E-state index is 0.235. The van der Waals surface area contributed by atoms with E-state index >= 15 is 0 Å². The number of pyridine rings is 1. The summed E-state index contributed by atoms with van der Waals surface area (Å²) in [6, 6.07) is 29.6. The molecule has 4 N–H and O–H groups in total. The van der Waals surface area contributed by atoms with Crippen molar-refractivity contribution in [2.45, 2.75) is 31.3 Å². The van der Waals surface area contributed by atoms with Gasteiger partial charge in [0.25, 0.3) is 0 Å². The van der Waals surface area contributed by atoms with Gasteiger partial charge in [-0.3, -0.25) is 9.59 Å². The number of anilines is 1. The number of aromatic nitrogens is 1. The fraction of sp³-hybridized carbons (Fsp3) is 0.194. The number of benzene rings is 3. The second-order valence-electron chi connectivity index (χ2n) is 9.01. The van der Waals surface area contributed by atoms with Crippen LogP contribution in [0.3, 0.4) is 0 Å². The maximum absolute atomic E-state index is 13.7. The Balaban J connectivity index is 1.53. The molecule has 1 atom stereocenters. The second-order valence-corrected chi connectivity index (χ2v) is 9.01. The van der Waals surface area contributed by atoms with Gasteiger partial charge < -0.3 is 21.1 Å². The Morgan fingerprint density at radius 2 is 1.47 bits per heavy atom. The number of nitrogens with two attached hydrogens (primary N) is 1. The average molecular weight is 509 g/mol. The summed E-state index contributed by atoms with van der Waals surface area (Å²) in [6.07, 6.45) is 2.59. The monoisotopic (exact) mass is 508 g/mol. The zero-order chi connectivity index (χ0) is 26.7. The first kappa shape index (κ1) is 26.4. The lowest BCUT2D eigenvalue weighted by Gasteiger charge is -2.23. The van der Waals surface area contributed by atoms with Gasteiger partial charge in [0.1, 0.15) is 17.6 Å². The number of hydrogen-bond donors (Lipinski definition) is 3. The molecule has 0 saturated heterocycles. The van der Waals surface area contributed by atoms with E-state index in [1.807, 2.05) is 91.0 Å². The third-order valence-electron chi connectivity index (χ3n) is 6.35. The van der Waals surface area contributed by atoms with E-state index in [9.17, 15) is 9.59 Å². The molecule has 1 heterocycles. The van der Waals surface area contributed by atoms with Crippen LogP contribution in [0.4, 0.5) is 5.82 Å². The van der Waals surface area contributed by atoms with Crippen LogP contribution in [0.15, 0.2) is 103 Å². The normalized spacial score (nSPS) is 11.5. The van der Waals surface area contributed by atoms with Gasteiger partial charge in [0.05, 0.1) is 13.0 Å². The van der Waals surface area contributed by atoms with E-state index in [0.717, 1.165) is 28.0 Å². The van der Waals surface area contributed by atoms with Crippen molar-refractivity contribution in [1.29, 1.82) is 0 Å². The first-order valence-corrected chi connectivity index (χ1v) is 12.5. The molecule has 0 spiro atoms. The Morgan fingerprint density at radius 3 is 2.05 bits per heavy atom. The summed E-state index contributed by atoms with van der Waals surface area (Å²) in [6.45, 7) is 0.332. The van der Waals surface area contributed by atoms with Crippen molar-refractivity contribution in [2.75, 3.05) is 12.8 Å². The molecule has 7 nitrogen and oxygen atoms in total. The molecule has 4 aromatic rings. The van der Waals surface area contributed by atoms with E-state index < -0.39 is 12.0 Å². The number of amides is 2. The number of nitrogens with zero attached hydrogens (tertiary/aromatic N) is 1. The standard InChI is InChI=1S/C31H32N4O3/c1-38-26-15-12-23(13-16-26)21-34-30(36)27(17-14-22-18-19-33-28(32)20-22)35-31(37)29(24-8-4-2-5-9-24)25-10-6-3-7-11-25/h2-13,15-16,18-20,27,29H,14,17,21H2,1H3,(H2,32,33)(H,34,36)(H,35,37). The maximum Gasteiger partial charge on any atom is 0.242 e. The molecular formula is C31H32N4O3. The van der Waals surface area contributed by atoms with E-state index in [1.54, 1.807) is 19.4 Å². The number of hydrogen-bond acceptors (Lipinski definition) is 5. The Kier molecular flexibility index (Phi) is 9.07. The average Bonchev–Trinajstić information content (AvgIpc) is 2.95. The second kappa shape index (κ2) is 13.1. The highest BCUT2D eigenvalue weighted by Gasteiger charge is 2.27. The largest absolute Gasteiger partial charge is 0.497 e. The van der Waals surface area contributed by atoms with Crippen LogP contribution in [0.5, 0.6) is 5.75 Å². The molecule has 4 rings (SSSR count). The lowest BCUT2D eigenvalue weighted by atomic mass is 9.90. The number of carbonyl (C=O) groups is 2. The summed E-state index contributed by atoms with van der Waals surface area (Å²) >= 11 is 0. The van der Waals surface area contributed by atoms with Gasteiger partial charge in [0.2, 0.25) is 11.8 Å². The van der Waals surface area contributed by atoms with Crippen LogP contribution in [-0.4, -0.2) is 29.9 Å². The predicted molar refractivity (Wildman–Crippen MR) is 148 cm³/mol. The molecule has 38 heavy (non-hydrogen) atoms. The van der Waals surface area contributed by atoms with Gasteiger partial charge in [0, 0.05) is 12.7 Å². The number of methoxy groups -OCH3 is 1. The summed E-state index contributed by atoms with van der Waals surface area (Å²) in [5, 5.41) is 6.01. The Hall–Kier alpha value is -4.65. The van der Waals surface area contributed by atoms with Gasteiger partial charge >= 0.3 is 0 Å². The SMILES string of the molecule is COc1ccc(CNC(=O)C(CCc2ccnc(N)c2)NC(=O)C(c2ccccc2)c2ccccc2)cc1. The van der Waals surface area contributed by atoms with E-state index in [1.165, 1.54) is 0 Å². The summed E-state index contributed by atoms with van der Waals surface area (Å²) in [5.41, 5.74) is 9.43. The van der Waals surface area contributed by atoms with Gasteiger partial charge in [0.15, 0.2) is 0 Å². The zero-order valence-electron chi connectivity index (χ0n) is 21.3. The minimum Gasteiger partial charge on any atom is -0.497 e. The van der Waals surface area contributed by atoms with Gasteiger partial charge in [-0.15, -0.1) is 0 Å². The highest BCUT2D eigenvalue weighted by atomic mass is 16.5. The van der Waals surface area contributed by atoms with E-state index in [0.29, 0.717) is 25.2 Å². The van der Waals surface area contributed by atoms with Crippen molar-refractivity contribution in [2.24, 2.45) is 0 Å². The molecule has 0 saturated carbocycles. The topological polar surface area (TPSA) is 106 Å². The molecule has 0 aliphatic rings. The molecule has 3 aromatic carbocycles. The molecule has 0 aliphatic heterocycles. The molecule has 7 heteroatoms. The van der Waals surface area contributed by atoms with Crippen molar-refractivity contribution < 1.29 is 14.3 Å². The first-order chi connectivity index (χ1) is 18.5. The molecule has 0 radical (unpaired) electrons. The van der Waals surface area contributed by atoms with E-state index in [-0.39, 0.29) is 11.8 Å². The van der Waals surface area contributed by atoms with Crippen molar-refractivity contribution >= 4 is 17.6 Å². The first-order valence-electron chi connectivity index (χ1n) is 12.5. The van der Waals surface area contributed by atoms with Gasteiger partial charge in [-0.25, -0.2) is 4.98 Å². The fourth-order valence-corrected chi connectivity index (χ4v) is 4.33. The lowest BCUT2D eigenvalue weighted by Crippen LogP contribution is -2.48. The highest BCUT2D eigenvalue weighted by Crippen LogP contribution is 2.25. The van der Waals surface area contributed by atoms with Crippen LogP contribution in [0.1, 0.15) is 34.6 Å². The maximum atomic E-state index is 13.7. The molecular weight excluding hydrogens is 476 g/mol. The van der Waals surface area contributed by atoms with Crippen LogP contribution in [0, 0.1) is 0 Å². The van der Waals surface area contributed by atoms with Crippen LogP contribution < -0.4 is 21.1 Å². The van der Waals surface area contributed by atoms with Crippen LogP contribution in [-0.2, 0) is 22.6 Å². The third kappa shape index (κ3) is 7.20. The molecule has 0 aliphatic carbocycles. The predicted octanol–water partition coefficient (Wildman–Crippen LogP) is 4.24. The number of aryl methyl sites for hydroxylation is 1. The van der Waals surface area contributed by atoms with Gasteiger partial charge in [-0.05, 0) is 59.4 Å². The summed E-state index contributed by atoms with van der Waals surface area (Å²) in [5.74, 6) is 0.123. The van der Waals surface area contributed by atoms with Crippen LogP contribution in [0.2, 0.25) is 0 Å².